The van der Waals surface area contributed by atoms with Crippen LogP contribution in [0.2, 0.25) is 0 Å². The molecule has 1 aromatic carbocycles. The molecule has 0 saturated heterocycles. The lowest BCUT2D eigenvalue weighted by Gasteiger charge is -2.25. The van der Waals surface area contributed by atoms with Crippen LogP contribution in [0.1, 0.15) is 40.7 Å². The van der Waals surface area contributed by atoms with Crippen molar-refractivity contribution in [1.29, 1.82) is 0 Å². The fourth-order valence-corrected chi connectivity index (χ4v) is 2.97. The SMILES string of the molecule is Cc1cc(C)c(C)c(C2(C(=O)N(C)N)CC2)c1C. The standard InChI is InChI=1S/C15H22N2O/c1-9-8-10(2)12(4)13(11(9)3)15(6-7-15)14(18)17(5)16/h8H,6-7,16H2,1-5H3. The Bertz CT molecular complexity index is 487. The summed E-state index contributed by atoms with van der Waals surface area (Å²) < 4.78 is 0. The van der Waals surface area contributed by atoms with Gasteiger partial charge in [0.1, 0.15) is 0 Å². The fourth-order valence-electron chi connectivity index (χ4n) is 2.97. The minimum Gasteiger partial charge on any atom is -0.283 e. The number of nitrogens with zero attached hydrogens (tertiary/aromatic N) is 1. The Morgan fingerprint density at radius 1 is 1.17 bits per heavy atom. The first-order valence-corrected chi connectivity index (χ1v) is 6.42. The molecule has 18 heavy (non-hydrogen) atoms. The molecule has 1 amide bonds. The van der Waals surface area contributed by atoms with Crippen molar-refractivity contribution in [2.24, 2.45) is 5.84 Å². The zero-order valence-corrected chi connectivity index (χ0v) is 11.9. The summed E-state index contributed by atoms with van der Waals surface area (Å²) in [6.45, 7) is 8.44. The molecule has 2 N–H and O–H groups in total. The van der Waals surface area contributed by atoms with Gasteiger partial charge in [-0.15, -0.1) is 0 Å². The van der Waals surface area contributed by atoms with E-state index >= 15 is 0 Å². The van der Waals surface area contributed by atoms with Crippen LogP contribution in [-0.4, -0.2) is 18.0 Å². The molecule has 1 fully saturated rings. The lowest BCUT2D eigenvalue weighted by atomic mass is 9.83. The Hall–Kier alpha value is -1.35. The smallest absolute Gasteiger partial charge is 0.246 e. The molecule has 3 nitrogen and oxygen atoms in total. The second-order valence-electron chi connectivity index (χ2n) is 5.63. The van der Waals surface area contributed by atoms with Crippen molar-refractivity contribution < 1.29 is 4.79 Å². The number of nitrogens with two attached hydrogens (primary N) is 1. The van der Waals surface area contributed by atoms with E-state index in [4.69, 9.17) is 5.84 Å². The van der Waals surface area contributed by atoms with Crippen molar-refractivity contribution in [1.82, 2.24) is 5.01 Å². The average molecular weight is 246 g/mol. The van der Waals surface area contributed by atoms with Gasteiger partial charge in [-0.25, -0.2) is 5.84 Å². The summed E-state index contributed by atoms with van der Waals surface area (Å²) in [5.41, 5.74) is 5.85. The van der Waals surface area contributed by atoms with E-state index in [0.29, 0.717) is 0 Å². The number of carbonyl (C=O) groups excluding carboxylic acids is 1. The van der Waals surface area contributed by atoms with Gasteiger partial charge in [-0.2, -0.15) is 0 Å². The maximum Gasteiger partial charge on any atom is 0.246 e. The van der Waals surface area contributed by atoms with Gasteiger partial charge in [0, 0.05) is 7.05 Å². The van der Waals surface area contributed by atoms with Gasteiger partial charge in [0.05, 0.1) is 5.41 Å². The zero-order chi connectivity index (χ0) is 13.7. The maximum atomic E-state index is 12.4. The molecule has 0 spiro atoms. The first-order chi connectivity index (χ1) is 8.31. The number of carbonyl (C=O) groups is 1. The summed E-state index contributed by atoms with van der Waals surface area (Å²) in [7, 11) is 1.63. The van der Waals surface area contributed by atoms with Crippen molar-refractivity contribution >= 4 is 5.91 Å². The third kappa shape index (κ3) is 1.74. The summed E-state index contributed by atoms with van der Waals surface area (Å²) in [5, 5.41) is 1.24. The highest BCUT2D eigenvalue weighted by Gasteiger charge is 2.53. The normalized spacial score (nSPS) is 16.6. The monoisotopic (exact) mass is 246 g/mol. The second-order valence-corrected chi connectivity index (χ2v) is 5.63. The van der Waals surface area contributed by atoms with E-state index in [1.54, 1.807) is 7.05 Å². The van der Waals surface area contributed by atoms with Gasteiger partial charge in [-0.3, -0.25) is 9.80 Å². The molecule has 0 aliphatic heterocycles. The predicted octanol–water partition coefficient (Wildman–Crippen LogP) is 2.28. The van der Waals surface area contributed by atoms with Crippen LogP contribution < -0.4 is 5.84 Å². The third-order valence-corrected chi connectivity index (χ3v) is 4.32. The highest BCUT2D eigenvalue weighted by atomic mass is 16.2. The topological polar surface area (TPSA) is 46.3 Å². The van der Waals surface area contributed by atoms with Crippen LogP contribution in [0.4, 0.5) is 0 Å². The molecular formula is C15H22N2O. The van der Waals surface area contributed by atoms with Crippen molar-refractivity contribution in [3.05, 3.63) is 33.9 Å². The summed E-state index contributed by atoms with van der Waals surface area (Å²) in [6, 6.07) is 2.20. The number of likely N-dealkylation sites (N-methyl/N-ethyl adjacent to an activating group) is 1. The summed E-state index contributed by atoms with van der Waals surface area (Å²) in [6.07, 6.45) is 1.83. The van der Waals surface area contributed by atoms with Crippen LogP contribution in [0, 0.1) is 27.7 Å². The van der Waals surface area contributed by atoms with E-state index < -0.39 is 0 Å². The molecule has 1 aliphatic rings. The first-order valence-electron chi connectivity index (χ1n) is 6.42. The van der Waals surface area contributed by atoms with Gasteiger partial charge >= 0.3 is 0 Å². The van der Waals surface area contributed by atoms with E-state index in [-0.39, 0.29) is 11.3 Å². The van der Waals surface area contributed by atoms with Crippen molar-refractivity contribution in [3.8, 4) is 0 Å². The van der Waals surface area contributed by atoms with E-state index in [0.717, 1.165) is 12.8 Å². The number of hydrogen-bond acceptors (Lipinski definition) is 2. The first kappa shape index (κ1) is 13.1. The molecule has 0 bridgehead atoms. The Balaban J connectivity index is 2.62. The number of hydrazine groups is 1. The van der Waals surface area contributed by atoms with Gasteiger partial charge in [0.25, 0.3) is 0 Å². The molecule has 1 aliphatic carbocycles. The second kappa shape index (κ2) is 4.09. The number of amides is 1. The molecule has 1 aromatic rings. The summed E-state index contributed by atoms with van der Waals surface area (Å²) in [5.74, 6) is 5.70. The van der Waals surface area contributed by atoms with Gasteiger partial charge in [0.2, 0.25) is 5.91 Å². The third-order valence-electron chi connectivity index (χ3n) is 4.32. The van der Waals surface area contributed by atoms with Crippen molar-refractivity contribution in [2.45, 2.75) is 46.0 Å². The Morgan fingerprint density at radius 3 is 1.94 bits per heavy atom. The zero-order valence-electron chi connectivity index (χ0n) is 11.9. The quantitative estimate of drug-likeness (QED) is 0.494. The molecule has 2 rings (SSSR count). The molecule has 0 aromatic heterocycles. The van der Waals surface area contributed by atoms with Crippen LogP contribution in [0.3, 0.4) is 0 Å². The van der Waals surface area contributed by atoms with E-state index in [2.05, 4.69) is 33.8 Å². The van der Waals surface area contributed by atoms with Gasteiger partial charge < -0.3 is 0 Å². The summed E-state index contributed by atoms with van der Waals surface area (Å²) in [4.78, 5) is 12.4. The molecule has 0 heterocycles. The fraction of sp³-hybridized carbons (Fsp3) is 0.533. The van der Waals surface area contributed by atoms with E-state index in [9.17, 15) is 4.79 Å². The lowest BCUT2D eigenvalue weighted by molar-refractivity contribution is -0.132. The Kier molecular flexibility index (Phi) is 2.98. The van der Waals surface area contributed by atoms with Crippen LogP contribution in [-0.2, 0) is 10.2 Å². The molecule has 98 valence electrons. The van der Waals surface area contributed by atoms with Crippen LogP contribution in [0.15, 0.2) is 6.07 Å². The molecule has 1 saturated carbocycles. The van der Waals surface area contributed by atoms with Gasteiger partial charge in [-0.1, -0.05) is 6.07 Å². The van der Waals surface area contributed by atoms with E-state index in [1.807, 2.05) is 0 Å². The number of rotatable bonds is 2. The average Bonchev–Trinajstić information content (AvgIpc) is 3.07. The largest absolute Gasteiger partial charge is 0.283 e. The number of benzene rings is 1. The molecule has 0 radical (unpaired) electrons. The minimum absolute atomic E-state index is 0.0405. The van der Waals surface area contributed by atoms with E-state index in [1.165, 1.54) is 32.8 Å². The number of hydrogen-bond donors (Lipinski definition) is 1. The van der Waals surface area contributed by atoms with Crippen molar-refractivity contribution in [2.75, 3.05) is 7.05 Å². The molecule has 0 atom stereocenters. The highest BCUT2D eigenvalue weighted by Crippen LogP contribution is 2.52. The van der Waals surface area contributed by atoms with Crippen molar-refractivity contribution in [3.63, 3.8) is 0 Å². The van der Waals surface area contributed by atoms with Crippen LogP contribution in [0.25, 0.3) is 0 Å². The number of aryl methyl sites for hydroxylation is 2. The van der Waals surface area contributed by atoms with Gasteiger partial charge in [-0.05, 0) is 68.4 Å². The minimum atomic E-state index is -0.353. The highest BCUT2D eigenvalue weighted by molar-refractivity contribution is 5.91. The summed E-state index contributed by atoms with van der Waals surface area (Å²) >= 11 is 0. The maximum absolute atomic E-state index is 12.4. The molecule has 0 unspecified atom stereocenters. The Labute approximate surface area is 109 Å². The lowest BCUT2D eigenvalue weighted by Crippen LogP contribution is -2.41. The van der Waals surface area contributed by atoms with Gasteiger partial charge in [0.15, 0.2) is 0 Å². The predicted molar refractivity (Wildman–Crippen MR) is 73.3 cm³/mol. The van der Waals surface area contributed by atoms with Crippen LogP contribution in [0.5, 0.6) is 0 Å². The Morgan fingerprint density at radius 2 is 1.61 bits per heavy atom. The van der Waals surface area contributed by atoms with Crippen LogP contribution >= 0.6 is 0 Å². The molecular weight excluding hydrogens is 224 g/mol. The molecule has 3 heteroatoms.